The molecule has 0 fully saturated rings. The van der Waals surface area contributed by atoms with Gasteiger partial charge >= 0.3 is 5.97 Å². The quantitative estimate of drug-likeness (QED) is 0.343. The zero-order valence-electron chi connectivity index (χ0n) is 7.51. The number of aliphatic hydroxyl groups excluding tert-OH is 1. The normalized spacial score (nSPS) is 12.1. The van der Waals surface area contributed by atoms with E-state index in [2.05, 4.69) is 0 Å². The second-order valence-electron chi connectivity index (χ2n) is 2.78. The molecule has 1 atom stereocenters. The summed E-state index contributed by atoms with van der Waals surface area (Å²) in [5, 5.41) is 8.58. The number of hydrogen-bond acceptors (Lipinski definition) is 5. The van der Waals surface area contributed by atoms with Crippen molar-refractivity contribution in [3.8, 4) is 5.75 Å². The molecule has 0 unspecified atom stereocenters. The maximum Gasteiger partial charge on any atom is 0.330 e. The van der Waals surface area contributed by atoms with Crippen LogP contribution >= 0.6 is 0 Å². The van der Waals surface area contributed by atoms with Crippen molar-refractivity contribution in [2.24, 2.45) is 5.73 Å². The highest BCUT2D eigenvalue weighted by Crippen LogP contribution is 2.13. The van der Waals surface area contributed by atoms with Gasteiger partial charge in [-0.25, -0.2) is 4.79 Å². The average Bonchev–Trinajstić information content (AvgIpc) is 2.20. The van der Waals surface area contributed by atoms with Gasteiger partial charge in [-0.15, -0.1) is 0 Å². The number of ether oxygens (including phenoxy) is 1. The van der Waals surface area contributed by atoms with Gasteiger partial charge in [0.25, 0.3) is 0 Å². The molecule has 5 nitrogen and oxygen atoms in total. The number of carbonyl (C=O) groups is 1. The summed E-state index contributed by atoms with van der Waals surface area (Å²) in [6.07, 6.45) is 0. The lowest BCUT2D eigenvalue weighted by atomic mass is 10.3. The van der Waals surface area contributed by atoms with E-state index < -0.39 is 18.6 Å². The molecular formula is C9H12N2O3. The van der Waals surface area contributed by atoms with Crippen LogP contribution in [0.25, 0.3) is 0 Å². The zero-order chi connectivity index (χ0) is 10.6. The molecule has 0 spiro atoms. The van der Waals surface area contributed by atoms with Crippen LogP contribution in [-0.2, 0) is 4.79 Å². The SMILES string of the molecule is Nc1ccc(OC(=O)[C@@H](N)CO)cc1. The molecule has 0 aliphatic heterocycles. The number of anilines is 1. The first kappa shape index (κ1) is 10.5. The van der Waals surface area contributed by atoms with E-state index in [1.165, 1.54) is 0 Å². The van der Waals surface area contributed by atoms with Gasteiger partial charge in [-0.05, 0) is 24.3 Å². The van der Waals surface area contributed by atoms with E-state index in [-0.39, 0.29) is 0 Å². The van der Waals surface area contributed by atoms with Crippen LogP contribution in [-0.4, -0.2) is 23.7 Å². The zero-order valence-corrected chi connectivity index (χ0v) is 7.51. The molecule has 0 aliphatic carbocycles. The predicted molar refractivity (Wildman–Crippen MR) is 51.6 cm³/mol. The van der Waals surface area contributed by atoms with Gasteiger partial charge in [0.15, 0.2) is 0 Å². The molecule has 1 aromatic rings. The summed E-state index contributed by atoms with van der Waals surface area (Å²) in [5.74, 6) is -0.314. The molecule has 0 saturated heterocycles. The van der Waals surface area contributed by atoms with Gasteiger partial charge in [0, 0.05) is 5.69 Å². The van der Waals surface area contributed by atoms with Crippen molar-refractivity contribution in [3.05, 3.63) is 24.3 Å². The number of rotatable bonds is 3. The van der Waals surface area contributed by atoms with Crippen LogP contribution in [0.4, 0.5) is 5.69 Å². The van der Waals surface area contributed by atoms with Crippen LogP contribution in [0.2, 0.25) is 0 Å². The van der Waals surface area contributed by atoms with Gasteiger partial charge in [-0.3, -0.25) is 0 Å². The Morgan fingerprint density at radius 1 is 1.43 bits per heavy atom. The van der Waals surface area contributed by atoms with Gasteiger partial charge in [0.1, 0.15) is 11.8 Å². The molecule has 0 saturated carbocycles. The molecule has 0 aromatic heterocycles. The summed E-state index contributed by atoms with van der Waals surface area (Å²) in [6, 6.07) is 5.31. The first-order valence-corrected chi connectivity index (χ1v) is 4.07. The third kappa shape index (κ3) is 2.72. The Hall–Kier alpha value is -1.59. The van der Waals surface area contributed by atoms with Crippen LogP contribution in [0, 0.1) is 0 Å². The van der Waals surface area contributed by atoms with E-state index in [1.807, 2.05) is 0 Å². The number of benzene rings is 1. The molecule has 0 aliphatic rings. The number of hydrogen-bond donors (Lipinski definition) is 3. The van der Waals surface area contributed by atoms with Crippen molar-refractivity contribution in [1.29, 1.82) is 0 Å². The smallest absolute Gasteiger partial charge is 0.330 e. The molecule has 0 heterocycles. The number of aliphatic hydroxyl groups is 1. The fourth-order valence-corrected chi connectivity index (χ4v) is 0.802. The minimum Gasteiger partial charge on any atom is -0.425 e. The fourth-order valence-electron chi connectivity index (χ4n) is 0.802. The van der Waals surface area contributed by atoms with Crippen molar-refractivity contribution in [2.45, 2.75) is 6.04 Å². The van der Waals surface area contributed by atoms with Gasteiger partial charge in [-0.1, -0.05) is 0 Å². The third-order valence-corrected chi connectivity index (χ3v) is 1.60. The lowest BCUT2D eigenvalue weighted by Crippen LogP contribution is -2.37. The van der Waals surface area contributed by atoms with Crippen LogP contribution in [0.3, 0.4) is 0 Å². The van der Waals surface area contributed by atoms with Crippen LogP contribution < -0.4 is 16.2 Å². The Kier molecular flexibility index (Phi) is 3.44. The Labute approximate surface area is 81.3 Å². The summed E-state index contributed by atoms with van der Waals surface area (Å²) in [5.41, 5.74) is 11.3. The monoisotopic (exact) mass is 196 g/mol. The lowest BCUT2D eigenvalue weighted by molar-refractivity contribution is -0.136. The van der Waals surface area contributed by atoms with Gasteiger partial charge in [-0.2, -0.15) is 0 Å². The minimum absolute atomic E-state index is 0.355. The van der Waals surface area contributed by atoms with Gasteiger partial charge in [0.2, 0.25) is 0 Å². The Balaban J connectivity index is 2.60. The standard InChI is InChI=1S/C9H12N2O3/c10-6-1-3-7(4-2-6)14-9(13)8(11)5-12/h1-4,8,12H,5,10-11H2/t8-/m0/s1. The summed E-state index contributed by atoms with van der Waals surface area (Å²) < 4.78 is 4.84. The van der Waals surface area contributed by atoms with Crippen molar-refractivity contribution in [2.75, 3.05) is 12.3 Å². The topological polar surface area (TPSA) is 98.6 Å². The molecule has 5 heteroatoms. The largest absolute Gasteiger partial charge is 0.425 e. The van der Waals surface area contributed by atoms with Crippen molar-refractivity contribution in [3.63, 3.8) is 0 Å². The van der Waals surface area contributed by atoms with E-state index in [0.29, 0.717) is 11.4 Å². The third-order valence-electron chi connectivity index (χ3n) is 1.60. The number of nitrogen functional groups attached to an aromatic ring is 1. The summed E-state index contributed by atoms with van der Waals surface area (Å²) in [4.78, 5) is 11.1. The minimum atomic E-state index is -1.01. The Bertz CT molecular complexity index is 310. The van der Waals surface area contributed by atoms with Crippen LogP contribution in [0.5, 0.6) is 5.75 Å². The molecule has 1 rings (SSSR count). The molecule has 0 bridgehead atoms. The van der Waals surface area contributed by atoms with Gasteiger partial charge in [0.05, 0.1) is 6.61 Å². The highest BCUT2D eigenvalue weighted by Gasteiger charge is 2.14. The average molecular weight is 196 g/mol. The van der Waals surface area contributed by atoms with Crippen LogP contribution in [0.1, 0.15) is 0 Å². The molecule has 14 heavy (non-hydrogen) atoms. The second-order valence-corrected chi connectivity index (χ2v) is 2.78. The Morgan fingerprint density at radius 3 is 2.50 bits per heavy atom. The van der Waals surface area contributed by atoms with E-state index in [1.54, 1.807) is 24.3 Å². The lowest BCUT2D eigenvalue weighted by Gasteiger charge is -2.08. The van der Waals surface area contributed by atoms with Crippen molar-refractivity contribution in [1.82, 2.24) is 0 Å². The first-order valence-electron chi connectivity index (χ1n) is 4.07. The van der Waals surface area contributed by atoms with E-state index in [0.717, 1.165) is 0 Å². The van der Waals surface area contributed by atoms with Gasteiger partial charge < -0.3 is 21.3 Å². The van der Waals surface area contributed by atoms with E-state index >= 15 is 0 Å². The number of nitrogens with two attached hydrogens (primary N) is 2. The molecule has 1 aromatic carbocycles. The number of carbonyl (C=O) groups excluding carboxylic acids is 1. The molecule has 0 radical (unpaired) electrons. The molecule has 5 N–H and O–H groups in total. The fraction of sp³-hybridized carbons (Fsp3) is 0.222. The van der Waals surface area contributed by atoms with Crippen molar-refractivity contribution >= 4 is 11.7 Å². The maximum atomic E-state index is 11.1. The molecular weight excluding hydrogens is 184 g/mol. The maximum absolute atomic E-state index is 11.1. The van der Waals surface area contributed by atoms with Crippen molar-refractivity contribution < 1.29 is 14.6 Å². The van der Waals surface area contributed by atoms with E-state index in [9.17, 15) is 4.79 Å². The molecule has 0 amide bonds. The number of esters is 1. The summed E-state index contributed by atoms with van der Waals surface area (Å²) >= 11 is 0. The highest BCUT2D eigenvalue weighted by molar-refractivity contribution is 5.78. The summed E-state index contributed by atoms with van der Waals surface area (Å²) in [7, 11) is 0. The van der Waals surface area contributed by atoms with Crippen LogP contribution in [0.15, 0.2) is 24.3 Å². The summed E-state index contributed by atoms with van der Waals surface area (Å²) in [6.45, 7) is -0.437. The second kappa shape index (κ2) is 4.59. The first-order chi connectivity index (χ1) is 6.63. The predicted octanol–water partition coefficient (Wildman–Crippen LogP) is -0.506. The van der Waals surface area contributed by atoms with E-state index in [4.69, 9.17) is 21.3 Å². The Morgan fingerprint density at radius 2 is 2.00 bits per heavy atom. The highest BCUT2D eigenvalue weighted by atomic mass is 16.5. The molecule has 76 valence electrons.